The van der Waals surface area contributed by atoms with E-state index in [-0.39, 0.29) is 17.1 Å². The van der Waals surface area contributed by atoms with Crippen molar-refractivity contribution in [1.29, 1.82) is 0 Å². The summed E-state index contributed by atoms with van der Waals surface area (Å²) in [6.07, 6.45) is 1.72. The fourth-order valence-electron chi connectivity index (χ4n) is 4.06. The molecule has 3 aromatic rings. The highest BCUT2D eigenvalue weighted by Crippen LogP contribution is 2.38. The Balaban J connectivity index is 1.97. The normalized spacial score (nSPS) is 15.2. The Kier molecular flexibility index (Phi) is 6.05. The number of aromatic nitrogens is 1. The van der Waals surface area contributed by atoms with Crippen LogP contribution in [0.1, 0.15) is 34.1 Å². The standard InChI is InChI=1S/C24H22F2N2O4/c1-3-28-12-15(11-14-7-6-10-19(31-2)22(14)32-24(25)26)21-17(13-28)20(23(29)30)16-8-4-5-9-18(16)27-21/h4-11,24H,3,12-13H2,1-2H3,(H,29,30)/b15-11-. The molecule has 0 saturated carbocycles. The molecule has 0 amide bonds. The van der Waals surface area contributed by atoms with E-state index >= 15 is 0 Å². The molecule has 32 heavy (non-hydrogen) atoms. The molecule has 1 aliphatic heterocycles. The second-order valence-corrected chi connectivity index (χ2v) is 7.37. The van der Waals surface area contributed by atoms with Crippen LogP contribution >= 0.6 is 0 Å². The van der Waals surface area contributed by atoms with Gasteiger partial charge in [-0.25, -0.2) is 9.78 Å². The number of benzene rings is 2. The zero-order chi connectivity index (χ0) is 22.8. The van der Waals surface area contributed by atoms with Crippen molar-refractivity contribution in [3.05, 3.63) is 64.8 Å². The first-order chi connectivity index (χ1) is 15.4. The van der Waals surface area contributed by atoms with Gasteiger partial charge in [0.2, 0.25) is 0 Å². The van der Waals surface area contributed by atoms with E-state index in [1.165, 1.54) is 7.11 Å². The highest BCUT2D eigenvalue weighted by atomic mass is 19.3. The molecule has 4 rings (SSSR count). The molecule has 1 aliphatic rings. The van der Waals surface area contributed by atoms with Gasteiger partial charge >= 0.3 is 12.6 Å². The second-order valence-electron chi connectivity index (χ2n) is 7.37. The summed E-state index contributed by atoms with van der Waals surface area (Å²) >= 11 is 0. The number of carboxylic acid groups (broad SMARTS) is 1. The summed E-state index contributed by atoms with van der Waals surface area (Å²) in [6.45, 7) is 0.561. The number of methoxy groups -OCH3 is 1. The molecule has 0 saturated heterocycles. The maximum absolute atomic E-state index is 13.1. The Morgan fingerprint density at radius 1 is 1.22 bits per heavy atom. The first-order valence-corrected chi connectivity index (χ1v) is 10.1. The van der Waals surface area contributed by atoms with E-state index in [0.717, 1.165) is 0 Å². The van der Waals surface area contributed by atoms with Crippen LogP contribution in [0.2, 0.25) is 0 Å². The largest absolute Gasteiger partial charge is 0.493 e. The number of aromatic carboxylic acids is 1. The molecule has 6 nitrogen and oxygen atoms in total. The van der Waals surface area contributed by atoms with Crippen LogP contribution in [-0.2, 0) is 6.54 Å². The van der Waals surface area contributed by atoms with Crippen LogP contribution in [0.3, 0.4) is 0 Å². The minimum absolute atomic E-state index is 0.0769. The molecule has 166 valence electrons. The summed E-state index contributed by atoms with van der Waals surface area (Å²) in [5, 5.41) is 10.6. The van der Waals surface area contributed by atoms with Crippen LogP contribution in [0, 0.1) is 0 Å². The van der Waals surface area contributed by atoms with E-state index in [1.54, 1.807) is 48.5 Å². The van der Waals surface area contributed by atoms with Crippen molar-refractivity contribution in [3.8, 4) is 11.5 Å². The van der Waals surface area contributed by atoms with E-state index < -0.39 is 12.6 Å². The van der Waals surface area contributed by atoms with Gasteiger partial charge < -0.3 is 14.6 Å². The number of likely N-dealkylation sites (N-methyl/N-ethyl adjacent to an activating group) is 1. The van der Waals surface area contributed by atoms with Crippen molar-refractivity contribution in [3.63, 3.8) is 0 Å². The third-order valence-electron chi connectivity index (χ3n) is 5.50. The summed E-state index contributed by atoms with van der Waals surface area (Å²) in [5.74, 6) is -0.923. The molecule has 1 aromatic heterocycles. The van der Waals surface area contributed by atoms with Crippen molar-refractivity contribution in [2.24, 2.45) is 0 Å². The number of carboxylic acids is 1. The number of nitrogens with zero attached hydrogens (tertiary/aromatic N) is 2. The molecule has 0 radical (unpaired) electrons. The van der Waals surface area contributed by atoms with Gasteiger partial charge in [-0.1, -0.05) is 37.3 Å². The van der Waals surface area contributed by atoms with Gasteiger partial charge in [0.15, 0.2) is 11.5 Å². The average Bonchev–Trinajstić information content (AvgIpc) is 2.78. The molecule has 8 heteroatoms. The molecule has 0 aliphatic carbocycles. The van der Waals surface area contributed by atoms with Crippen molar-refractivity contribution in [1.82, 2.24) is 9.88 Å². The van der Waals surface area contributed by atoms with E-state index in [0.29, 0.717) is 52.9 Å². The number of hydrogen-bond acceptors (Lipinski definition) is 5. The Labute approximate surface area is 183 Å². The lowest BCUT2D eigenvalue weighted by molar-refractivity contribution is -0.0513. The van der Waals surface area contributed by atoms with E-state index in [9.17, 15) is 18.7 Å². The number of fused-ring (bicyclic) bond motifs is 2. The van der Waals surface area contributed by atoms with Crippen LogP contribution in [-0.4, -0.2) is 47.8 Å². The Bertz CT molecular complexity index is 1210. The molecule has 0 fully saturated rings. The minimum Gasteiger partial charge on any atom is -0.493 e. The summed E-state index contributed by atoms with van der Waals surface area (Å²) in [7, 11) is 1.38. The number of hydrogen-bond donors (Lipinski definition) is 1. The number of carbonyl (C=O) groups is 1. The Morgan fingerprint density at radius 2 is 2.00 bits per heavy atom. The van der Waals surface area contributed by atoms with Gasteiger partial charge in [-0.3, -0.25) is 4.90 Å². The summed E-state index contributed by atoms with van der Waals surface area (Å²) in [6, 6.07) is 12.0. The molecule has 0 spiro atoms. The third kappa shape index (κ3) is 4.01. The fourth-order valence-corrected chi connectivity index (χ4v) is 4.06. The van der Waals surface area contributed by atoms with Crippen LogP contribution in [0.5, 0.6) is 11.5 Å². The average molecular weight is 440 g/mol. The number of halogens is 2. The lowest BCUT2D eigenvalue weighted by Crippen LogP contribution is -2.31. The SMILES string of the molecule is CCN1C/C(=C/c2cccc(OC)c2OC(F)F)c2nc3ccccc3c(C(=O)O)c2C1. The Morgan fingerprint density at radius 3 is 2.69 bits per heavy atom. The monoisotopic (exact) mass is 440 g/mol. The predicted molar refractivity (Wildman–Crippen MR) is 117 cm³/mol. The lowest BCUT2D eigenvalue weighted by Gasteiger charge is -2.30. The minimum atomic E-state index is -3.02. The fraction of sp³-hybridized carbons (Fsp3) is 0.250. The van der Waals surface area contributed by atoms with E-state index in [1.807, 2.05) is 6.92 Å². The summed E-state index contributed by atoms with van der Waals surface area (Å²) in [5.41, 5.74) is 3.05. The van der Waals surface area contributed by atoms with Crippen LogP contribution < -0.4 is 9.47 Å². The zero-order valence-corrected chi connectivity index (χ0v) is 17.6. The molecule has 1 N–H and O–H groups in total. The van der Waals surface area contributed by atoms with E-state index in [2.05, 4.69) is 4.90 Å². The number of ether oxygens (including phenoxy) is 2. The second kappa shape index (κ2) is 8.92. The van der Waals surface area contributed by atoms with Gasteiger partial charge in [-0.05, 0) is 30.3 Å². The number of alkyl halides is 2. The predicted octanol–water partition coefficient (Wildman–Crippen LogP) is 4.92. The van der Waals surface area contributed by atoms with Gasteiger partial charge in [-0.2, -0.15) is 8.78 Å². The van der Waals surface area contributed by atoms with E-state index in [4.69, 9.17) is 14.5 Å². The molecule has 0 bridgehead atoms. The highest BCUT2D eigenvalue weighted by molar-refractivity contribution is 6.06. The molecule has 2 heterocycles. The number of rotatable bonds is 6. The quantitative estimate of drug-likeness (QED) is 0.587. The molecule has 0 atom stereocenters. The third-order valence-corrected chi connectivity index (χ3v) is 5.50. The van der Waals surface area contributed by atoms with Crippen LogP contribution in [0.15, 0.2) is 42.5 Å². The van der Waals surface area contributed by atoms with Gasteiger partial charge in [0.05, 0.1) is 23.9 Å². The maximum atomic E-state index is 13.1. The molecule has 0 unspecified atom stereocenters. The molecule has 2 aromatic carbocycles. The van der Waals surface area contributed by atoms with Gasteiger partial charge in [0, 0.05) is 29.6 Å². The topological polar surface area (TPSA) is 71.9 Å². The Hall–Kier alpha value is -3.52. The zero-order valence-electron chi connectivity index (χ0n) is 17.6. The first kappa shape index (κ1) is 21.7. The van der Waals surface area contributed by atoms with Crippen molar-refractivity contribution in [2.75, 3.05) is 20.2 Å². The van der Waals surface area contributed by atoms with Crippen LogP contribution in [0.4, 0.5) is 8.78 Å². The smallest absolute Gasteiger partial charge is 0.387 e. The number of pyridine rings is 1. The summed E-state index contributed by atoms with van der Waals surface area (Å²) in [4.78, 5) is 19.1. The lowest BCUT2D eigenvalue weighted by atomic mass is 9.92. The maximum Gasteiger partial charge on any atom is 0.387 e. The van der Waals surface area contributed by atoms with Crippen LogP contribution in [0.25, 0.3) is 22.6 Å². The van der Waals surface area contributed by atoms with Gasteiger partial charge in [-0.15, -0.1) is 0 Å². The van der Waals surface area contributed by atoms with Gasteiger partial charge in [0.25, 0.3) is 0 Å². The highest BCUT2D eigenvalue weighted by Gasteiger charge is 2.28. The van der Waals surface area contributed by atoms with Crippen molar-refractivity contribution < 1.29 is 28.2 Å². The molecular weight excluding hydrogens is 418 g/mol. The first-order valence-electron chi connectivity index (χ1n) is 10.1. The van der Waals surface area contributed by atoms with Crippen molar-refractivity contribution in [2.45, 2.75) is 20.1 Å². The van der Waals surface area contributed by atoms with Gasteiger partial charge in [0.1, 0.15) is 0 Å². The summed E-state index contributed by atoms with van der Waals surface area (Å²) < 4.78 is 36.1. The molecular formula is C24H22F2N2O4. The van der Waals surface area contributed by atoms with Crippen molar-refractivity contribution >= 4 is 28.5 Å². The number of para-hydroxylation sites is 2.